The number of carbonyl (C=O) groups is 2. The van der Waals surface area contributed by atoms with Crippen molar-refractivity contribution in [1.29, 1.82) is 0 Å². The molecule has 0 aliphatic carbocycles. The summed E-state index contributed by atoms with van der Waals surface area (Å²) in [6, 6.07) is 9.76. The van der Waals surface area contributed by atoms with Gasteiger partial charge in [-0.25, -0.2) is 9.78 Å². The minimum absolute atomic E-state index is 0.122. The van der Waals surface area contributed by atoms with Crippen LogP contribution in [0.25, 0.3) is 16.9 Å². The maximum absolute atomic E-state index is 12.7. The van der Waals surface area contributed by atoms with Gasteiger partial charge in [0.25, 0.3) is 5.91 Å². The van der Waals surface area contributed by atoms with E-state index in [-0.39, 0.29) is 18.1 Å². The van der Waals surface area contributed by atoms with Gasteiger partial charge in [0.05, 0.1) is 30.6 Å². The molecular formula is C27H34N4O4. The number of hydrogen-bond donors (Lipinski definition) is 1. The highest BCUT2D eigenvalue weighted by Gasteiger charge is 2.30. The molecule has 8 nitrogen and oxygen atoms in total. The Kier molecular flexibility index (Phi) is 6.85. The summed E-state index contributed by atoms with van der Waals surface area (Å²) in [5, 5.41) is 2.67. The monoisotopic (exact) mass is 478 g/mol. The van der Waals surface area contributed by atoms with Crippen molar-refractivity contribution < 1.29 is 19.1 Å². The molecule has 3 aromatic rings. The smallest absolute Gasteiger partial charge is 0.410 e. The van der Waals surface area contributed by atoms with Crippen molar-refractivity contribution in [3.8, 4) is 11.3 Å². The summed E-state index contributed by atoms with van der Waals surface area (Å²) < 4.78 is 13.7. The minimum atomic E-state index is -0.546. The minimum Gasteiger partial charge on any atom is -0.444 e. The number of nitrogens with zero attached hydrogens (tertiary/aromatic N) is 3. The number of carbonyl (C=O) groups excluding carboxylic acids is 2. The van der Waals surface area contributed by atoms with E-state index in [9.17, 15) is 9.59 Å². The number of aromatic nitrogens is 2. The maximum Gasteiger partial charge on any atom is 0.410 e. The van der Waals surface area contributed by atoms with Crippen molar-refractivity contribution in [3.63, 3.8) is 0 Å². The topological polar surface area (TPSA) is 85.2 Å². The molecule has 2 aromatic heterocycles. The van der Waals surface area contributed by atoms with Crippen LogP contribution in [0.15, 0.2) is 36.5 Å². The zero-order valence-electron chi connectivity index (χ0n) is 21.3. The summed E-state index contributed by atoms with van der Waals surface area (Å²) in [6.07, 6.45) is 2.09. The molecule has 0 unspecified atom stereocenters. The molecule has 1 aliphatic rings. The number of nitrogens with one attached hydrogen (secondary N) is 1. The number of morpholine rings is 1. The first-order valence-electron chi connectivity index (χ1n) is 12.0. The Balaban J connectivity index is 1.68. The van der Waals surface area contributed by atoms with E-state index < -0.39 is 5.60 Å². The SMILES string of the molecule is CNC(=O)c1ccc(-c2nc3cc(C)ccn3c2C[C@H]2CN(C(=O)OC(C)(C)C)CCO2)c(C)c1. The van der Waals surface area contributed by atoms with Gasteiger partial charge in [-0.15, -0.1) is 0 Å². The van der Waals surface area contributed by atoms with E-state index in [4.69, 9.17) is 14.5 Å². The number of amides is 2. The highest BCUT2D eigenvalue weighted by atomic mass is 16.6. The lowest BCUT2D eigenvalue weighted by Crippen LogP contribution is -2.48. The van der Waals surface area contributed by atoms with Crippen LogP contribution in [-0.4, -0.2) is 64.7 Å². The molecule has 8 heteroatoms. The van der Waals surface area contributed by atoms with Crippen molar-refractivity contribution in [2.45, 2.75) is 52.7 Å². The quantitative estimate of drug-likeness (QED) is 0.609. The van der Waals surface area contributed by atoms with Crippen LogP contribution < -0.4 is 5.32 Å². The fourth-order valence-electron chi connectivity index (χ4n) is 4.37. The second-order valence-electron chi connectivity index (χ2n) is 10.1. The molecule has 1 N–H and O–H groups in total. The summed E-state index contributed by atoms with van der Waals surface area (Å²) in [5.74, 6) is -0.122. The number of ether oxygens (including phenoxy) is 2. The van der Waals surface area contributed by atoms with Crippen LogP contribution in [0.1, 0.15) is 48.0 Å². The van der Waals surface area contributed by atoms with Crippen molar-refractivity contribution in [2.75, 3.05) is 26.7 Å². The molecule has 2 amide bonds. The van der Waals surface area contributed by atoms with Crippen LogP contribution in [0.2, 0.25) is 0 Å². The fraction of sp³-hybridized carbons (Fsp3) is 0.444. The van der Waals surface area contributed by atoms with Gasteiger partial charge in [-0.05, 0) is 70.0 Å². The number of fused-ring (bicyclic) bond motifs is 1. The predicted molar refractivity (Wildman–Crippen MR) is 135 cm³/mol. The second kappa shape index (κ2) is 9.70. The molecule has 186 valence electrons. The molecule has 4 rings (SSSR count). The lowest BCUT2D eigenvalue weighted by molar-refractivity contribution is -0.0418. The van der Waals surface area contributed by atoms with Gasteiger partial charge < -0.3 is 24.1 Å². The van der Waals surface area contributed by atoms with Crippen molar-refractivity contribution in [3.05, 3.63) is 58.9 Å². The molecule has 1 saturated heterocycles. The van der Waals surface area contributed by atoms with E-state index >= 15 is 0 Å². The van der Waals surface area contributed by atoms with Gasteiger partial charge in [0.15, 0.2) is 0 Å². The molecule has 35 heavy (non-hydrogen) atoms. The summed E-state index contributed by atoms with van der Waals surface area (Å²) in [4.78, 5) is 31.4. The average Bonchev–Trinajstić information content (AvgIpc) is 3.14. The van der Waals surface area contributed by atoms with Gasteiger partial charge in [0.2, 0.25) is 0 Å². The summed E-state index contributed by atoms with van der Waals surface area (Å²) in [7, 11) is 1.62. The first-order chi connectivity index (χ1) is 16.6. The Labute approximate surface area is 206 Å². The molecule has 3 heterocycles. The molecule has 0 radical (unpaired) electrons. The zero-order valence-corrected chi connectivity index (χ0v) is 21.3. The standard InChI is InChI=1S/C27H34N4O4/c1-17-9-10-31-22(15-20-16-30(11-12-34-20)26(33)35-27(3,4)5)24(29-23(31)13-17)21-8-7-19(14-18(21)2)25(32)28-6/h7-10,13-14,20H,11-12,15-16H2,1-6H3,(H,28,32)/t20-/m0/s1. The third-order valence-corrected chi connectivity index (χ3v) is 6.06. The normalized spacial score (nSPS) is 16.4. The lowest BCUT2D eigenvalue weighted by Gasteiger charge is -2.34. The van der Waals surface area contributed by atoms with E-state index in [0.29, 0.717) is 31.7 Å². The summed E-state index contributed by atoms with van der Waals surface area (Å²) in [5.41, 5.74) is 5.83. The highest BCUT2D eigenvalue weighted by Crippen LogP contribution is 2.30. The van der Waals surface area contributed by atoms with Crippen molar-refractivity contribution in [2.24, 2.45) is 0 Å². The third-order valence-electron chi connectivity index (χ3n) is 6.06. The molecule has 1 aromatic carbocycles. The first kappa shape index (κ1) is 24.7. The van der Waals surface area contributed by atoms with Gasteiger partial charge in [-0.2, -0.15) is 0 Å². The van der Waals surface area contributed by atoms with E-state index in [1.165, 1.54) is 0 Å². The van der Waals surface area contributed by atoms with Crippen LogP contribution in [0.5, 0.6) is 0 Å². The molecule has 0 bridgehead atoms. The number of imidazole rings is 1. The van der Waals surface area contributed by atoms with Crippen LogP contribution in [0.4, 0.5) is 4.79 Å². The van der Waals surface area contributed by atoms with E-state index in [2.05, 4.69) is 21.9 Å². The zero-order chi connectivity index (χ0) is 25.3. The number of pyridine rings is 1. The Morgan fingerprint density at radius 2 is 1.97 bits per heavy atom. The largest absolute Gasteiger partial charge is 0.444 e. The van der Waals surface area contributed by atoms with E-state index in [0.717, 1.165) is 33.7 Å². The number of hydrogen-bond acceptors (Lipinski definition) is 5. The van der Waals surface area contributed by atoms with Gasteiger partial charge in [0, 0.05) is 37.3 Å². The van der Waals surface area contributed by atoms with E-state index in [1.807, 2.05) is 59.0 Å². The van der Waals surface area contributed by atoms with Gasteiger partial charge in [0.1, 0.15) is 11.2 Å². The van der Waals surface area contributed by atoms with Crippen LogP contribution >= 0.6 is 0 Å². The van der Waals surface area contributed by atoms with Gasteiger partial charge in [-0.3, -0.25) is 4.79 Å². The molecule has 0 spiro atoms. The van der Waals surface area contributed by atoms with Crippen LogP contribution in [0.3, 0.4) is 0 Å². The first-order valence-corrected chi connectivity index (χ1v) is 12.0. The molecule has 0 saturated carbocycles. The number of benzene rings is 1. The molecule has 1 atom stereocenters. The van der Waals surface area contributed by atoms with Crippen LogP contribution in [-0.2, 0) is 15.9 Å². The summed E-state index contributed by atoms with van der Waals surface area (Å²) >= 11 is 0. The Morgan fingerprint density at radius 1 is 1.20 bits per heavy atom. The van der Waals surface area contributed by atoms with Crippen molar-refractivity contribution in [1.82, 2.24) is 19.6 Å². The highest BCUT2D eigenvalue weighted by molar-refractivity contribution is 5.95. The maximum atomic E-state index is 12.7. The summed E-state index contributed by atoms with van der Waals surface area (Å²) in [6.45, 7) is 11.0. The second-order valence-corrected chi connectivity index (χ2v) is 10.1. The van der Waals surface area contributed by atoms with E-state index in [1.54, 1.807) is 11.9 Å². The fourth-order valence-corrected chi connectivity index (χ4v) is 4.37. The number of aryl methyl sites for hydroxylation is 2. The Bertz CT molecular complexity index is 1260. The number of rotatable bonds is 4. The Morgan fingerprint density at radius 3 is 2.66 bits per heavy atom. The average molecular weight is 479 g/mol. The molecule has 1 aliphatic heterocycles. The van der Waals surface area contributed by atoms with Gasteiger partial charge in [-0.1, -0.05) is 6.07 Å². The molecule has 1 fully saturated rings. The third kappa shape index (κ3) is 5.48. The lowest BCUT2D eigenvalue weighted by atomic mass is 9.99. The van der Waals surface area contributed by atoms with Crippen molar-refractivity contribution >= 4 is 17.6 Å². The molecular weight excluding hydrogens is 444 g/mol. The van der Waals surface area contributed by atoms with Crippen LogP contribution in [0, 0.1) is 13.8 Å². The predicted octanol–water partition coefficient (Wildman–Crippen LogP) is 4.16. The van der Waals surface area contributed by atoms with Gasteiger partial charge >= 0.3 is 6.09 Å². The Hall–Kier alpha value is -3.39.